The predicted molar refractivity (Wildman–Crippen MR) is 102 cm³/mol. The average Bonchev–Trinajstić information content (AvgIpc) is 2.94. The number of hydrogen-bond acceptors (Lipinski definition) is 6. The molecule has 1 fully saturated rings. The number of primary sulfonamides is 1. The van der Waals surface area contributed by atoms with Crippen molar-refractivity contribution in [3.05, 3.63) is 59.0 Å². The van der Waals surface area contributed by atoms with E-state index < -0.39 is 10.0 Å². The summed E-state index contributed by atoms with van der Waals surface area (Å²) in [6, 6.07) is 13.4. The molecule has 0 aliphatic carbocycles. The van der Waals surface area contributed by atoms with Crippen molar-refractivity contribution >= 4 is 39.5 Å². The Kier molecular flexibility index (Phi) is 5.21. The molecule has 2 aromatic carbocycles. The van der Waals surface area contributed by atoms with E-state index in [1.807, 2.05) is 24.3 Å². The second-order valence-electron chi connectivity index (χ2n) is 5.47. The Balaban J connectivity index is 1.68. The Morgan fingerprint density at radius 3 is 2.38 bits per heavy atom. The number of nitrogens with one attached hydrogen (secondary N) is 2. The topological polar surface area (TPSA) is 111 Å². The van der Waals surface area contributed by atoms with E-state index in [1.54, 1.807) is 25.3 Å². The van der Waals surface area contributed by atoms with Crippen molar-refractivity contribution in [2.24, 2.45) is 5.14 Å². The van der Waals surface area contributed by atoms with Crippen molar-refractivity contribution in [3.8, 4) is 5.75 Å². The first kappa shape index (κ1) is 18.3. The smallest absolute Gasteiger partial charge is 0.260 e. The highest BCUT2D eigenvalue weighted by Crippen LogP contribution is 2.30. The van der Waals surface area contributed by atoms with Crippen LogP contribution in [0.4, 0.5) is 5.69 Å². The largest absolute Gasteiger partial charge is 0.497 e. The first-order valence-corrected chi connectivity index (χ1v) is 10.0. The first-order valence-electron chi connectivity index (χ1n) is 7.58. The number of nitrogens with two attached hydrogens (primary N) is 1. The fraction of sp³-hybridized carbons (Fsp3) is 0.118. The summed E-state index contributed by atoms with van der Waals surface area (Å²) in [5.74, 6) is 0.572. The molecule has 1 aliphatic heterocycles. The molecule has 1 saturated heterocycles. The molecule has 0 bridgehead atoms. The van der Waals surface area contributed by atoms with Crippen LogP contribution in [0.15, 0.2) is 58.3 Å². The van der Waals surface area contributed by atoms with Gasteiger partial charge in [0.1, 0.15) is 5.75 Å². The number of carbonyl (C=O) groups excluding carboxylic acids is 1. The number of thioether (sulfide) groups is 1. The molecule has 4 N–H and O–H groups in total. The Morgan fingerprint density at radius 2 is 1.81 bits per heavy atom. The van der Waals surface area contributed by atoms with Crippen molar-refractivity contribution in [1.82, 2.24) is 5.32 Å². The van der Waals surface area contributed by atoms with Gasteiger partial charge in [-0.05, 0) is 48.0 Å². The molecule has 0 aromatic heterocycles. The zero-order chi connectivity index (χ0) is 18.7. The van der Waals surface area contributed by atoms with E-state index in [-0.39, 0.29) is 16.3 Å². The van der Waals surface area contributed by atoms with Crippen LogP contribution in [0.2, 0.25) is 0 Å². The molecule has 7 nitrogen and oxygen atoms in total. The fourth-order valence-electron chi connectivity index (χ4n) is 2.31. The Hall–Kier alpha value is -2.49. The minimum absolute atomic E-state index is 0.0336. The highest BCUT2D eigenvalue weighted by molar-refractivity contribution is 8.05. The van der Waals surface area contributed by atoms with Gasteiger partial charge < -0.3 is 15.4 Å². The number of amides is 1. The molecule has 136 valence electrons. The number of carbonyl (C=O) groups is 1. The number of ether oxygens (including phenoxy) is 1. The second kappa shape index (κ2) is 7.40. The maximum Gasteiger partial charge on any atom is 0.260 e. The first-order chi connectivity index (χ1) is 12.3. The molecule has 0 saturated carbocycles. The normalized spacial score (nSPS) is 18.6. The molecule has 0 radical (unpaired) electrons. The molecule has 3 rings (SSSR count). The van der Waals surface area contributed by atoms with Gasteiger partial charge in [-0.3, -0.25) is 4.79 Å². The van der Waals surface area contributed by atoms with E-state index in [0.29, 0.717) is 10.6 Å². The van der Waals surface area contributed by atoms with Crippen molar-refractivity contribution in [1.29, 1.82) is 0 Å². The molecule has 1 amide bonds. The van der Waals surface area contributed by atoms with E-state index in [2.05, 4.69) is 10.6 Å². The van der Waals surface area contributed by atoms with Gasteiger partial charge in [0.15, 0.2) is 5.50 Å². The summed E-state index contributed by atoms with van der Waals surface area (Å²) in [5, 5.41) is 11.0. The monoisotopic (exact) mass is 391 g/mol. The lowest BCUT2D eigenvalue weighted by atomic mass is 10.2. The lowest BCUT2D eigenvalue weighted by molar-refractivity contribution is -0.116. The standard InChI is InChI=1S/C17H17N3O4S2/c1-24-13-6-2-11(3-7-13)10-15-16(21)20-17(25-15)19-12-4-8-14(9-5-12)26(18,22)23/h2-10,17,19H,1H3,(H,20,21)(H2,18,22,23)/b15-10-/t17-/m1/s1. The van der Waals surface area contributed by atoms with Crippen molar-refractivity contribution in [2.75, 3.05) is 12.4 Å². The number of hydrogen-bond donors (Lipinski definition) is 3. The van der Waals surface area contributed by atoms with Gasteiger partial charge in [-0.2, -0.15) is 0 Å². The number of anilines is 1. The lowest BCUT2D eigenvalue weighted by Crippen LogP contribution is -2.30. The molecule has 0 unspecified atom stereocenters. The van der Waals surface area contributed by atoms with E-state index in [0.717, 1.165) is 11.3 Å². The van der Waals surface area contributed by atoms with Crippen molar-refractivity contribution < 1.29 is 17.9 Å². The molecular formula is C17H17N3O4S2. The van der Waals surface area contributed by atoms with Crippen LogP contribution in [-0.2, 0) is 14.8 Å². The molecule has 0 spiro atoms. The number of sulfonamides is 1. The van der Waals surface area contributed by atoms with Gasteiger partial charge in [0.25, 0.3) is 5.91 Å². The molecule has 26 heavy (non-hydrogen) atoms. The minimum Gasteiger partial charge on any atom is -0.497 e. The van der Waals surface area contributed by atoms with Gasteiger partial charge in [0.05, 0.1) is 16.9 Å². The van der Waals surface area contributed by atoms with Gasteiger partial charge >= 0.3 is 0 Å². The molecule has 1 atom stereocenters. The maximum absolute atomic E-state index is 12.1. The lowest BCUT2D eigenvalue weighted by Gasteiger charge is -2.12. The number of benzene rings is 2. The third kappa shape index (κ3) is 4.37. The van der Waals surface area contributed by atoms with Crippen LogP contribution < -0.4 is 20.5 Å². The summed E-state index contributed by atoms with van der Waals surface area (Å²) < 4.78 is 27.7. The van der Waals surface area contributed by atoms with Gasteiger partial charge in [0, 0.05) is 5.69 Å². The molecule has 1 heterocycles. The Bertz CT molecular complexity index is 939. The Morgan fingerprint density at radius 1 is 1.15 bits per heavy atom. The number of rotatable bonds is 5. The summed E-state index contributed by atoms with van der Waals surface area (Å²) in [5.41, 5.74) is 1.20. The van der Waals surface area contributed by atoms with Crippen LogP contribution in [0.1, 0.15) is 5.56 Å². The number of methoxy groups -OCH3 is 1. The minimum atomic E-state index is -3.72. The van der Waals surface area contributed by atoms with Gasteiger partial charge in [-0.25, -0.2) is 13.6 Å². The quantitative estimate of drug-likeness (QED) is 0.672. The van der Waals surface area contributed by atoms with Crippen molar-refractivity contribution in [2.45, 2.75) is 10.4 Å². The highest BCUT2D eigenvalue weighted by Gasteiger charge is 2.27. The third-order valence-electron chi connectivity index (χ3n) is 3.62. The summed E-state index contributed by atoms with van der Waals surface area (Å²) >= 11 is 1.34. The summed E-state index contributed by atoms with van der Waals surface area (Å²) in [6.45, 7) is 0. The predicted octanol–water partition coefficient (Wildman–Crippen LogP) is 1.94. The van der Waals surface area contributed by atoms with Crippen LogP contribution in [0.3, 0.4) is 0 Å². The van der Waals surface area contributed by atoms with E-state index in [9.17, 15) is 13.2 Å². The van der Waals surface area contributed by atoms with E-state index in [4.69, 9.17) is 9.88 Å². The summed E-state index contributed by atoms with van der Waals surface area (Å²) in [4.78, 5) is 12.7. The molecule has 1 aliphatic rings. The van der Waals surface area contributed by atoms with Gasteiger partial charge in [-0.1, -0.05) is 23.9 Å². The van der Waals surface area contributed by atoms with Crippen molar-refractivity contribution in [3.63, 3.8) is 0 Å². The van der Waals surface area contributed by atoms with Gasteiger partial charge in [0.2, 0.25) is 10.0 Å². The van der Waals surface area contributed by atoms with Crippen LogP contribution in [0.25, 0.3) is 6.08 Å². The summed E-state index contributed by atoms with van der Waals surface area (Å²) in [7, 11) is -2.13. The van der Waals surface area contributed by atoms with E-state index in [1.165, 1.54) is 23.9 Å². The molecular weight excluding hydrogens is 374 g/mol. The third-order valence-corrected chi connectivity index (χ3v) is 5.58. The fourth-order valence-corrected chi connectivity index (χ4v) is 3.81. The molecule has 2 aromatic rings. The zero-order valence-electron chi connectivity index (χ0n) is 13.8. The van der Waals surface area contributed by atoms with Crippen LogP contribution >= 0.6 is 11.8 Å². The average molecular weight is 391 g/mol. The zero-order valence-corrected chi connectivity index (χ0v) is 15.4. The summed E-state index contributed by atoms with van der Waals surface area (Å²) in [6.07, 6.45) is 1.80. The van der Waals surface area contributed by atoms with Crippen LogP contribution in [-0.4, -0.2) is 26.9 Å². The second-order valence-corrected chi connectivity index (χ2v) is 8.18. The Labute approximate surface area is 155 Å². The molecule has 9 heteroatoms. The van der Waals surface area contributed by atoms with Gasteiger partial charge in [-0.15, -0.1) is 0 Å². The van der Waals surface area contributed by atoms with E-state index >= 15 is 0 Å². The highest BCUT2D eigenvalue weighted by atomic mass is 32.2. The SMILES string of the molecule is COc1ccc(/C=C2\S[C@H](Nc3ccc(S(N)(=O)=O)cc3)NC2=O)cc1. The van der Waals surface area contributed by atoms with Crippen LogP contribution in [0.5, 0.6) is 5.75 Å². The maximum atomic E-state index is 12.1. The van der Waals surface area contributed by atoms with Crippen LogP contribution in [0, 0.1) is 0 Å².